The third-order valence-electron chi connectivity index (χ3n) is 3.94. The first kappa shape index (κ1) is 14.3. The van der Waals surface area contributed by atoms with Crippen LogP contribution in [0.15, 0.2) is 91.1 Å². The summed E-state index contributed by atoms with van der Waals surface area (Å²) in [5.74, 6) is 1.10. The van der Waals surface area contributed by atoms with Crippen LogP contribution in [0, 0.1) is 0 Å². The third-order valence-corrected chi connectivity index (χ3v) is 3.94. The molecule has 116 valence electrons. The molecule has 0 aliphatic carbocycles. The van der Waals surface area contributed by atoms with Gasteiger partial charge in [0.1, 0.15) is 11.6 Å². The molecule has 1 N–H and O–H groups in total. The first-order valence-electron chi connectivity index (χ1n) is 7.81. The topological polar surface area (TPSA) is 38.1 Å². The predicted octanol–water partition coefficient (Wildman–Crippen LogP) is 4.91. The average Bonchev–Trinajstić information content (AvgIpc) is 3.09. The van der Waals surface area contributed by atoms with Crippen LogP contribution in [0.25, 0.3) is 28.3 Å². The molecule has 0 saturated heterocycles. The lowest BCUT2D eigenvalue weighted by Gasteiger charge is -2.07. The number of benzene rings is 3. The quantitative estimate of drug-likeness (QED) is 0.583. The molecule has 0 spiro atoms. The second-order valence-corrected chi connectivity index (χ2v) is 5.57. The van der Waals surface area contributed by atoms with Gasteiger partial charge in [0.25, 0.3) is 0 Å². The van der Waals surface area contributed by atoms with Crippen molar-refractivity contribution in [2.45, 2.75) is 0 Å². The van der Waals surface area contributed by atoms with Crippen molar-refractivity contribution in [2.75, 3.05) is 0 Å². The molecular formula is C21H16N2O. The molecule has 24 heavy (non-hydrogen) atoms. The summed E-state index contributed by atoms with van der Waals surface area (Å²) in [5, 5.41) is 9.55. The molecule has 3 nitrogen and oxygen atoms in total. The van der Waals surface area contributed by atoms with E-state index < -0.39 is 0 Å². The molecule has 0 saturated carbocycles. The molecule has 4 aromatic rings. The number of imidazole rings is 1. The summed E-state index contributed by atoms with van der Waals surface area (Å²) in [6.07, 6.45) is 2.05. The summed E-state index contributed by atoms with van der Waals surface area (Å²) >= 11 is 0. The largest absolute Gasteiger partial charge is 0.508 e. The molecule has 0 radical (unpaired) electrons. The lowest BCUT2D eigenvalue weighted by atomic mass is 10.2. The Kier molecular flexibility index (Phi) is 3.60. The van der Waals surface area contributed by atoms with Gasteiger partial charge in [-0.1, -0.05) is 48.5 Å². The number of phenolic OH excluding ortho intramolecular Hbond substituents is 1. The van der Waals surface area contributed by atoms with Crippen LogP contribution >= 0.6 is 0 Å². The van der Waals surface area contributed by atoms with Crippen LogP contribution in [0.4, 0.5) is 0 Å². The van der Waals surface area contributed by atoms with E-state index in [2.05, 4.69) is 28.8 Å². The van der Waals surface area contributed by atoms with Crippen molar-refractivity contribution >= 4 is 0 Å². The van der Waals surface area contributed by atoms with Crippen molar-refractivity contribution in [1.82, 2.24) is 9.55 Å². The van der Waals surface area contributed by atoms with Gasteiger partial charge in [0, 0.05) is 23.0 Å². The van der Waals surface area contributed by atoms with E-state index in [1.807, 2.05) is 54.7 Å². The van der Waals surface area contributed by atoms with E-state index in [1.54, 1.807) is 12.1 Å². The minimum atomic E-state index is 0.250. The summed E-state index contributed by atoms with van der Waals surface area (Å²) in [4.78, 5) is 4.84. The highest BCUT2D eigenvalue weighted by molar-refractivity contribution is 5.67. The Morgan fingerprint density at radius 3 is 1.96 bits per heavy atom. The van der Waals surface area contributed by atoms with Crippen molar-refractivity contribution in [3.05, 3.63) is 91.1 Å². The molecule has 0 atom stereocenters. The van der Waals surface area contributed by atoms with Crippen molar-refractivity contribution in [3.63, 3.8) is 0 Å². The average molecular weight is 312 g/mol. The number of aromatic nitrogens is 2. The Morgan fingerprint density at radius 2 is 1.29 bits per heavy atom. The van der Waals surface area contributed by atoms with Gasteiger partial charge in [0.2, 0.25) is 0 Å². The third kappa shape index (κ3) is 2.68. The molecule has 0 aliphatic heterocycles. The van der Waals surface area contributed by atoms with Crippen LogP contribution in [-0.2, 0) is 0 Å². The maximum absolute atomic E-state index is 9.55. The van der Waals surface area contributed by atoms with Crippen LogP contribution in [0.3, 0.4) is 0 Å². The van der Waals surface area contributed by atoms with E-state index in [0.29, 0.717) is 0 Å². The summed E-state index contributed by atoms with van der Waals surface area (Å²) in [7, 11) is 0. The fourth-order valence-electron chi connectivity index (χ4n) is 2.73. The van der Waals surface area contributed by atoms with Crippen molar-refractivity contribution in [1.29, 1.82) is 0 Å². The van der Waals surface area contributed by atoms with E-state index in [-0.39, 0.29) is 5.75 Å². The second-order valence-electron chi connectivity index (χ2n) is 5.57. The zero-order valence-corrected chi connectivity index (χ0v) is 13.0. The molecule has 3 heteroatoms. The SMILES string of the molecule is Oc1ccc(-c2nc(-c3ccccc3)cn2-c2ccccc2)cc1. The number of phenols is 1. The number of hydrogen-bond donors (Lipinski definition) is 1. The standard InChI is InChI=1S/C21H16N2O/c24-19-13-11-17(12-14-19)21-22-20(16-7-3-1-4-8-16)15-23(21)18-9-5-2-6-10-18/h1-15,24H. The Labute approximate surface area is 140 Å². The maximum Gasteiger partial charge on any atom is 0.145 e. The van der Waals surface area contributed by atoms with Crippen LogP contribution in [0.1, 0.15) is 0 Å². The minimum absolute atomic E-state index is 0.250. The molecular weight excluding hydrogens is 296 g/mol. The molecule has 0 amide bonds. The second kappa shape index (κ2) is 6.05. The number of aromatic hydroxyl groups is 1. The van der Waals surface area contributed by atoms with Gasteiger partial charge in [0.05, 0.1) is 5.69 Å². The Hall–Kier alpha value is -3.33. The summed E-state index contributed by atoms with van der Waals surface area (Å²) < 4.78 is 2.08. The highest BCUT2D eigenvalue weighted by Gasteiger charge is 2.12. The molecule has 0 bridgehead atoms. The normalized spacial score (nSPS) is 10.7. The molecule has 1 aromatic heterocycles. The molecule has 4 rings (SSSR count). The Balaban J connectivity index is 1.90. The van der Waals surface area contributed by atoms with Crippen molar-refractivity contribution in [2.24, 2.45) is 0 Å². The zero-order chi connectivity index (χ0) is 16.4. The van der Waals surface area contributed by atoms with E-state index >= 15 is 0 Å². The lowest BCUT2D eigenvalue weighted by molar-refractivity contribution is 0.475. The van der Waals surface area contributed by atoms with Gasteiger partial charge >= 0.3 is 0 Å². The van der Waals surface area contributed by atoms with Gasteiger partial charge in [-0.05, 0) is 36.4 Å². The van der Waals surface area contributed by atoms with Crippen molar-refractivity contribution < 1.29 is 5.11 Å². The minimum Gasteiger partial charge on any atom is -0.508 e. The smallest absolute Gasteiger partial charge is 0.145 e. The van der Waals surface area contributed by atoms with E-state index in [1.165, 1.54) is 0 Å². The molecule has 0 fully saturated rings. The Morgan fingerprint density at radius 1 is 0.667 bits per heavy atom. The van der Waals surface area contributed by atoms with Crippen molar-refractivity contribution in [3.8, 4) is 34.1 Å². The maximum atomic E-state index is 9.55. The van der Waals surface area contributed by atoms with Gasteiger partial charge in [-0.25, -0.2) is 4.98 Å². The van der Waals surface area contributed by atoms with E-state index in [4.69, 9.17) is 4.98 Å². The highest BCUT2D eigenvalue weighted by Crippen LogP contribution is 2.28. The van der Waals surface area contributed by atoms with Gasteiger partial charge in [-0.3, -0.25) is 4.57 Å². The molecule has 3 aromatic carbocycles. The van der Waals surface area contributed by atoms with E-state index in [9.17, 15) is 5.11 Å². The number of hydrogen-bond acceptors (Lipinski definition) is 2. The number of nitrogens with zero attached hydrogens (tertiary/aromatic N) is 2. The van der Waals surface area contributed by atoms with Gasteiger partial charge in [-0.2, -0.15) is 0 Å². The number of rotatable bonds is 3. The first-order chi connectivity index (χ1) is 11.8. The van der Waals surface area contributed by atoms with Gasteiger partial charge < -0.3 is 5.11 Å². The molecule has 0 unspecified atom stereocenters. The first-order valence-corrected chi connectivity index (χ1v) is 7.81. The van der Waals surface area contributed by atoms with Crippen LogP contribution in [0.2, 0.25) is 0 Å². The van der Waals surface area contributed by atoms with E-state index in [0.717, 1.165) is 28.3 Å². The lowest BCUT2D eigenvalue weighted by Crippen LogP contribution is -1.95. The fraction of sp³-hybridized carbons (Fsp3) is 0. The zero-order valence-electron chi connectivity index (χ0n) is 13.0. The fourth-order valence-corrected chi connectivity index (χ4v) is 2.73. The van der Waals surface area contributed by atoms with Crippen LogP contribution in [0.5, 0.6) is 5.75 Å². The van der Waals surface area contributed by atoms with Gasteiger partial charge in [-0.15, -0.1) is 0 Å². The number of para-hydroxylation sites is 1. The van der Waals surface area contributed by atoms with Crippen LogP contribution < -0.4 is 0 Å². The summed E-state index contributed by atoms with van der Waals surface area (Å²) in [6.45, 7) is 0. The Bertz CT molecular complexity index is 942. The summed E-state index contributed by atoms with van der Waals surface area (Å²) in [5.41, 5.74) is 4.00. The molecule has 0 aliphatic rings. The van der Waals surface area contributed by atoms with Crippen LogP contribution in [-0.4, -0.2) is 14.7 Å². The summed E-state index contributed by atoms with van der Waals surface area (Å²) in [6, 6.07) is 27.4. The molecule has 1 heterocycles. The monoisotopic (exact) mass is 312 g/mol. The predicted molar refractivity (Wildman–Crippen MR) is 96.1 cm³/mol. The highest BCUT2D eigenvalue weighted by atomic mass is 16.3. The van der Waals surface area contributed by atoms with Gasteiger partial charge in [0.15, 0.2) is 0 Å².